The van der Waals surface area contributed by atoms with Gasteiger partial charge in [-0.15, -0.1) is 0 Å². The van der Waals surface area contributed by atoms with Crippen molar-refractivity contribution in [2.45, 2.75) is 0 Å². The van der Waals surface area contributed by atoms with Crippen LogP contribution >= 0.6 is 0 Å². The molecule has 1 aromatic carbocycles. The molecule has 0 saturated carbocycles. The van der Waals surface area contributed by atoms with E-state index in [0.717, 1.165) is 0 Å². The molecule has 0 radical (unpaired) electrons. The zero-order chi connectivity index (χ0) is 12.7. The number of nitrogens with one attached hydrogen (secondary N) is 2. The summed E-state index contributed by atoms with van der Waals surface area (Å²) in [6, 6.07) is 8.99. The van der Waals surface area contributed by atoms with Crippen LogP contribution in [0.15, 0.2) is 29.4 Å². The molecule has 0 aliphatic heterocycles. The number of anilines is 2. The Morgan fingerprint density at radius 1 is 1.18 bits per heavy atom. The summed E-state index contributed by atoms with van der Waals surface area (Å²) in [6.07, 6.45) is 0. The van der Waals surface area contributed by atoms with E-state index >= 15 is 0 Å². The highest BCUT2D eigenvalue weighted by Gasteiger charge is 1.97. The van der Waals surface area contributed by atoms with Crippen molar-refractivity contribution < 1.29 is 4.79 Å². The summed E-state index contributed by atoms with van der Waals surface area (Å²) >= 11 is 0. The van der Waals surface area contributed by atoms with E-state index in [1.54, 1.807) is 36.4 Å². The zero-order valence-electron chi connectivity index (χ0n) is 8.64. The molecule has 0 fully saturated rings. The number of benzene rings is 1. The van der Waals surface area contributed by atoms with Crippen molar-refractivity contribution in [2.75, 3.05) is 10.7 Å². The van der Waals surface area contributed by atoms with Gasteiger partial charge in [0.05, 0.1) is 5.69 Å². The molecule has 0 spiro atoms. The van der Waals surface area contributed by atoms with Gasteiger partial charge in [-0.05, 0) is 24.3 Å². The van der Waals surface area contributed by atoms with E-state index in [-0.39, 0.29) is 5.71 Å². The van der Waals surface area contributed by atoms with E-state index in [1.807, 2.05) is 0 Å². The number of urea groups is 1. The third-order valence-electron chi connectivity index (χ3n) is 1.66. The highest BCUT2D eigenvalue weighted by Crippen LogP contribution is 2.13. The quantitative estimate of drug-likeness (QED) is 0.526. The minimum Gasteiger partial charge on any atom is -0.351 e. The first-order valence-corrected chi connectivity index (χ1v) is 4.46. The zero-order valence-corrected chi connectivity index (χ0v) is 8.64. The average Bonchev–Trinajstić information content (AvgIpc) is 2.32. The lowest BCUT2D eigenvalue weighted by Gasteiger charge is -2.03. The molecule has 0 unspecified atom stereocenters. The Morgan fingerprint density at radius 3 is 2.18 bits per heavy atom. The predicted octanol–water partition coefficient (Wildman–Crippen LogP) is 0.992. The molecule has 0 aliphatic rings. The number of hydrogen-bond acceptors (Lipinski definition) is 5. The molecular formula is C10H8N6O. The summed E-state index contributed by atoms with van der Waals surface area (Å²) < 4.78 is 0. The smallest absolute Gasteiger partial charge is 0.316 e. The summed E-state index contributed by atoms with van der Waals surface area (Å²) in [6.45, 7) is 0. The lowest BCUT2D eigenvalue weighted by molar-refractivity contribution is 0.259. The highest BCUT2D eigenvalue weighted by molar-refractivity contribution is 6.10. The number of nitriles is 2. The Bertz CT molecular complexity index is 503. The van der Waals surface area contributed by atoms with Gasteiger partial charge in [-0.2, -0.15) is 15.6 Å². The van der Waals surface area contributed by atoms with Crippen LogP contribution in [0.2, 0.25) is 0 Å². The summed E-state index contributed by atoms with van der Waals surface area (Å²) in [5, 5.41) is 22.8. The second-order valence-electron chi connectivity index (χ2n) is 2.86. The van der Waals surface area contributed by atoms with Crippen LogP contribution in [-0.2, 0) is 0 Å². The first-order chi connectivity index (χ1) is 8.15. The van der Waals surface area contributed by atoms with Crippen molar-refractivity contribution >= 4 is 23.1 Å². The maximum absolute atomic E-state index is 10.5. The van der Waals surface area contributed by atoms with Gasteiger partial charge >= 0.3 is 6.03 Å². The van der Waals surface area contributed by atoms with E-state index in [9.17, 15) is 4.79 Å². The monoisotopic (exact) mass is 228 g/mol. The number of hydrazone groups is 1. The van der Waals surface area contributed by atoms with Crippen LogP contribution in [0.4, 0.5) is 16.2 Å². The van der Waals surface area contributed by atoms with E-state index in [1.165, 1.54) is 0 Å². The number of hydrogen-bond donors (Lipinski definition) is 3. The largest absolute Gasteiger partial charge is 0.351 e. The van der Waals surface area contributed by atoms with Gasteiger partial charge in [-0.3, -0.25) is 5.43 Å². The number of rotatable bonds is 3. The molecule has 7 heteroatoms. The topological polar surface area (TPSA) is 127 Å². The van der Waals surface area contributed by atoms with Crippen LogP contribution in [0.25, 0.3) is 0 Å². The van der Waals surface area contributed by atoms with Crippen molar-refractivity contribution in [1.82, 2.24) is 0 Å². The van der Waals surface area contributed by atoms with Gasteiger partial charge in [0.1, 0.15) is 12.1 Å². The maximum Gasteiger partial charge on any atom is 0.316 e. The fourth-order valence-electron chi connectivity index (χ4n) is 0.966. The molecule has 0 saturated heterocycles. The third-order valence-corrected chi connectivity index (χ3v) is 1.66. The lowest BCUT2D eigenvalue weighted by Crippen LogP contribution is -2.19. The molecule has 0 aromatic heterocycles. The summed E-state index contributed by atoms with van der Waals surface area (Å²) in [4.78, 5) is 10.5. The van der Waals surface area contributed by atoms with Crippen molar-refractivity contribution in [2.24, 2.45) is 10.8 Å². The molecule has 0 aliphatic carbocycles. The average molecular weight is 228 g/mol. The predicted molar refractivity (Wildman–Crippen MR) is 61.9 cm³/mol. The minimum atomic E-state index is -0.653. The lowest BCUT2D eigenvalue weighted by atomic mass is 10.3. The number of nitrogens with two attached hydrogens (primary N) is 1. The molecule has 1 rings (SSSR count). The number of carbonyl (C=O) groups is 1. The van der Waals surface area contributed by atoms with E-state index < -0.39 is 6.03 Å². The molecule has 7 nitrogen and oxygen atoms in total. The summed E-state index contributed by atoms with van der Waals surface area (Å²) in [5.74, 6) is 0. The van der Waals surface area contributed by atoms with Gasteiger partial charge in [-0.1, -0.05) is 0 Å². The number of nitrogens with zero attached hydrogens (tertiary/aromatic N) is 3. The molecule has 2 amide bonds. The molecule has 1 aromatic rings. The van der Waals surface area contributed by atoms with Crippen molar-refractivity contribution in [3.8, 4) is 12.1 Å². The number of carbonyl (C=O) groups excluding carboxylic acids is 1. The van der Waals surface area contributed by atoms with Crippen LogP contribution < -0.4 is 16.5 Å². The van der Waals surface area contributed by atoms with Gasteiger partial charge in [0.25, 0.3) is 0 Å². The van der Waals surface area contributed by atoms with Gasteiger partial charge < -0.3 is 11.1 Å². The van der Waals surface area contributed by atoms with Gasteiger partial charge in [0.15, 0.2) is 0 Å². The number of primary amides is 1. The molecule has 84 valence electrons. The highest BCUT2D eigenvalue weighted by atomic mass is 16.2. The molecule has 0 bridgehead atoms. The fraction of sp³-hybridized carbons (Fsp3) is 0. The Balaban J connectivity index is 2.70. The first kappa shape index (κ1) is 12.0. The second kappa shape index (κ2) is 5.73. The van der Waals surface area contributed by atoms with Crippen LogP contribution in [-0.4, -0.2) is 11.7 Å². The molecule has 17 heavy (non-hydrogen) atoms. The Kier molecular flexibility index (Phi) is 4.05. The van der Waals surface area contributed by atoms with Crippen LogP contribution in [0.5, 0.6) is 0 Å². The Morgan fingerprint density at radius 2 is 1.71 bits per heavy atom. The second-order valence-corrected chi connectivity index (χ2v) is 2.86. The third kappa shape index (κ3) is 3.90. The van der Waals surface area contributed by atoms with Gasteiger partial charge in [-0.25, -0.2) is 4.79 Å². The van der Waals surface area contributed by atoms with Crippen LogP contribution in [0, 0.1) is 22.7 Å². The number of amides is 2. The van der Waals surface area contributed by atoms with Crippen molar-refractivity contribution in [3.05, 3.63) is 24.3 Å². The maximum atomic E-state index is 10.5. The minimum absolute atomic E-state index is 0.274. The SMILES string of the molecule is N#CC(C#N)=NNc1ccc(NC(N)=O)cc1. The molecule has 0 atom stereocenters. The van der Waals surface area contributed by atoms with Crippen molar-refractivity contribution in [1.29, 1.82) is 10.5 Å². The Labute approximate surface area is 97.1 Å². The normalized spacial score (nSPS) is 8.35. The molecule has 0 heterocycles. The standard InChI is InChI=1S/C10H8N6O/c11-5-9(6-12)16-15-8-3-1-7(2-4-8)14-10(13)17/h1-4,15H,(H3,13,14,17). The molecule has 4 N–H and O–H groups in total. The van der Waals surface area contributed by atoms with Gasteiger partial charge in [0, 0.05) is 5.69 Å². The summed E-state index contributed by atoms with van der Waals surface area (Å²) in [7, 11) is 0. The van der Waals surface area contributed by atoms with Crippen LogP contribution in [0.3, 0.4) is 0 Å². The molecular weight excluding hydrogens is 220 g/mol. The first-order valence-electron chi connectivity index (χ1n) is 4.46. The van der Waals surface area contributed by atoms with Gasteiger partial charge in [0.2, 0.25) is 5.71 Å². The van der Waals surface area contributed by atoms with Crippen molar-refractivity contribution in [3.63, 3.8) is 0 Å². The van der Waals surface area contributed by atoms with E-state index in [0.29, 0.717) is 11.4 Å². The fourth-order valence-corrected chi connectivity index (χ4v) is 0.966. The van der Waals surface area contributed by atoms with E-state index in [4.69, 9.17) is 16.3 Å². The van der Waals surface area contributed by atoms with Crippen LogP contribution in [0.1, 0.15) is 0 Å². The summed E-state index contributed by atoms with van der Waals surface area (Å²) in [5.41, 5.74) is 8.30. The Hall–Kier alpha value is -3.06. The van der Waals surface area contributed by atoms with E-state index in [2.05, 4.69) is 15.8 Å².